The Balaban J connectivity index is 1.84. The summed E-state index contributed by atoms with van der Waals surface area (Å²) in [4.78, 5) is 12.9. The molecule has 0 radical (unpaired) electrons. The molecule has 1 amide bonds. The number of nitrogens with one attached hydrogen (secondary N) is 1. The summed E-state index contributed by atoms with van der Waals surface area (Å²) < 4.78 is 5.77. The maximum absolute atomic E-state index is 12.9. The van der Waals surface area contributed by atoms with E-state index in [9.17, 15) is 4.79 Å². The van der Waals surface area contributed by atoms with Gasteiger partial charge in [-0.2, -0.15) is 0 Å². The van der Waals surface area contributed by atoms with Crippen LogP contribution in [0.2, 0.25) is 5.02 Å². The molecule has 0 atom stereocenters. The maximum Gasteiger partial charge on any atom is 0.235 e. The first-order valence-corrected chi connectivity index (χ1v) is 8.23. The zero-order chi connectivity index (χ0) is 16.4. The highest BCUT2D eigenvalue weighted by Gasteiger charge is 2.52. The monoisotopic (exact) mass is 329 g/mol. The third-order valence-electron chi connectivity index (χ3n) is 4.07. The second-order valence-corrected chi connectivity index (χ2v) is 6.59. The largest absolute Gasteiger partial charge is 0.489 e. The van der Waals surface area contributed by atoms with E-state index >= 15 is 0 Å². The Morgan fingerprint density at radius 1 is 1.13 bits per heavy atom. The first kappa shape index (κ1) is 15.9. The Hall–Kier alpha value is -2.00. The molecule has 0 bridgehead atoms. The molecule has 23 heavy (non-hydrogen) atoms. The molecular formula is C19H20ClNO2. The van der Waals surface area contributed by atoms with Crippen molar-refractivity contribution in [2.24, 2.45) is 0 Å². The van der Waals surface area contributed by atoms with E-state index in [1.165, 1.54) is 0 Å². The molecule has 1 fully saturated rings. The lowest BCUT2D eigenvalue weighted by atomic mass is 9.94. The fraction of sp³-hybridized carbons (Fsp3) is 0.316. The van der Waals surface area contributed by atoms with Crippen molar-refractivity contribution < 1.29 is 9.53 Å². The molecule has 0 unspecified atom stereocenters. The lowest BCUT2D eigenvalue weighted by molar-refractivity contribution is -0.118. The smallest absolute Gasteiger partial charge is 0.235 e. The molecule has 120 valence electrons. The predicted octanol–water partition coefficient (Wildman–Crippen LogP) is 4.80. The Kier molecular flexibility index (Phi) is 4.31. The summed E-state index contributed by atoms with van der Waals surface area (Å²) in [6.07, 6.45) is 1.68. The van der Waals surface area contributed by atoms with E-state index < -0.39 is 5.41 Å². The molecule has 0 saturated heterocycles. The topological polar surface area (TPSA) is 38.3 Å². The quantitative estimate of drug-likeness (QED) is 0.855. The third kappa shape index (κ3) is 3.20. The minimum absolute atomic E-state index is 0.0228. The summed E-state index contributed by atoms with van der Waals surface area (Å²) in [5.41, 5.74) is 1.09. The summed E-state index contributed by atoms with van der Waals surface area (Å²) in [6.45, 7) is 3.93. The van der Waals surface area contributed by atoms with Gasteiger partial charge in [-0.25, -0.2) is 0 Å². The Bertz CT molecular complexity index is 723. The van der Waals surface area contributed by atoms with Gasteiger partial charge in [0.1, 0.15) is 5.75 Å². The van der Waals surface area contributed by atoms with E-state index in [1.54, 1.807) is 0 Å². The first-order chi connectivity index (χ1) is 11.0. The van der Waals surface area contributed by atoms with Crippen molar-refractivity contribution in [2.45, 2.75) is 38.2 Å². The Morgan fingerprint density at radius 3 is 2.43 bits per heavy atom. The molecule has 2 aromatic rings. The Labute approximate surface area is 141 Å². The molecule has 0 heterocycles. The van der Waals surface area contributed by atoms with Crippen molar-refractivity contribution in [3.05, 3.63) is 59.1 Å². The number of benzene rings is 2. The molecule has 3 rings (SSSR count). The number of para-hydroxylation sites is 2. The number of hydrogen-bond donors (Lipinski definition) is 1. The number of carbonyl (C=O) groups is 1. The number of ether oxygens (including phenoxy) is 1. The van der Waals surface area contributed by atoms with E-state index in [0.717, 1.165) is 18.4 Å². The van der Waals surface area contributed by atoms with E-state index in [1.807, 2.05) is 62.4 Å². The summed E-state index contributed by atoms with van der Waals surface area (Å²) in [5.74, 6) is 0.663. The van der Waals surface area contributed by atoms with Gasteiger partial charge in [-0.3, -0.25) is 4.79 Å². The van der Waals surface area contributed by atoms with Gasteiger partial charge in [0.05, 0.1) is 17.2 Å². The molecular weight excluding hydrogens is 310 g/mol. The molecule has 4 heteroatoms. The minimum Gasteiger partial charge on any atom is -0.489 e. The van der Waals surface area contributed by atoms with Gasteiger partial charge in [0.25, 0.3) is 0 Å². The number of amides is 1. The van der Waals surface area contributed by atoms with Crippen LogP contribution in [0.5, 0.6) is 5.75 Å². The van der Waals surface area contributed by atoms with Crippen molar-refractivity contribution in [1.29, 1.82) is 0 Å². The molecule has 0 aromatic heterocycles. The fourth-order valence-electron chi connectivity index (χ4n) is 2.76. The minimum atomic E-state index is -0.511. The van der Waals surface area contributed by atoms with Crippen molar-refractivity contribution in [1.82, 2.24) is 0 Å². The first-order valence-electron chi connectivity index (χ1n) is 7.85. The SMILES string of the molecule is CC(C)Oc1ccccc1NC(=O)C1(c2ccccc2Cl)CC1. The molecule has 2 aromatic carbocycles. The fourth-order valence-corrected chi connectivity index (χ4v) is 3.08. The van der Waals surface area contributed by atoms with Crippen LogP contribution in [0.4, 0.5) is 5.69 Å². The van der Waals surface area contributed by atoms with Crippen LogP contribution in [0.1, 0.15) is 32.3 Å². The van der Waals surface area contributed by atoms with Gasteiger partial charge in [-0.05, 0) is 50.5 Å². The van der Waals surface area contributed by atoms with E-state index in [4.69, 9.17) is 16.3 Å². The van der Waals surface area contributed by atoms with Crippen molar-refractivity contribution in [2.75, 3.05) is 5.32 Å². The van der Waals surface area contributed by atoms with Crippen LogP contribution in [-0.4, -0.2) is 12.0 Å². The standard InChI is InChI=1S/C19H20ClNO2/c1-13(2)23-17-10-6-5-9-16(17)21-18(22)19(11-12-19)14-7-3-4-8-15(14)20/h3-10,13H,11-12H2,1-2H3,(H,21,22). The lowest BCUT2D eigenvalue weighted by Crippen LogP contribution is -2.28. The zero-order valence-electron chi connectivity index (χ0n) is 13.3. The van der Waals surface area contributed by atoms with Crippen LogP contribution < -0.4 is 10.1 Å². The summed E-state index contributed by atoms with van der Waals surface area (Å²) in [7, 11) is 0. The molecule has 1 saturated carbocycles. The average Bonchev–Trinajstić information content (AvgIpc) is 3.31. The van der Waals surface area contributed by atoms with Crippen molar-refractivity contribution in [3.63, 3.8) is 0 Å². The van der Waals surface area contributed by atoms with Crippen LogP contribution in [0, 0.1) is 0 Å². The van der Waals surface area contributed by atoms with Gasteiger partial charge in [-0.15, -0.1) is 0 Å². The predicted molar refractivity (Wildman–Crippen MR) is 93.2 cm³/mol. The van der Waals surface area contributed by atoms with Crippen LogP contribution in [0.15, 0.2) is 48.5 Å². The van der Waals surface area contributed by atoms with Gasteiger partial charge in [-0.1, -0.05) is 41.9 Å². The number of hydrogen-bond acceptors (Lipinski definition) is 2. The normalized spacial score (nSPS) is 15.3. The molecule has 1 aliphatic carbocycles. The van der Waals surface area contributed by atoms with Crippen molar-refractivity contribution >= 4 is 23.2 Å². The lowest BCUT2D eigenvalue weighted by Gasteiger charge is -2.19. The third-order valence-corrected chi connectivity index (χ3v) is 4.40. The van der Waals surface area contributed by atoms with Crippen molar-refractivity contribution in [3.8, 4) is 5.75 Å². The van der Waals surface area contributed by atoms with Gasteiger partial charge in [0.15, 0.2) is 0 Å². The molecule has 3 nitrogen and oxygen atoms in total. The summed E-state index contributed by atoms with van der Waals surface area (Å²) >= 11 is 6.29. The second-order valence-electron chi connectivity index (χ2n) is 6.18. The summed E-state index contributed by atoms with van der Waals surface area (Å²) in [5, 5.41) is 3.67. The van der Waals surface area contributed by atoms with Crippen LogP contribution in [-0.2, 0) is 10.2 Å². The maximum atomic E-state index is 12.9. The Morgan fingerprint density at radius 2 is 1.78 bits per heavy atom. The van der Waals surface area contributed by atoms with Crippen LogP contribution in [0.3, 0.4) is 0 Å². The van der Waals surface area contributed by atoms with Gasteiger partial charge in [0.2, 0.25) is 5.91 Å². The highest BCUT2D eigenvalue weighted by Crippen LogP contribution is 2.51. The number of anilines is 1. The summed E-state index contributed by atoms with van der Waals surface area (Å²) in [6, 6.07) is 15.1. The number of rotatable bonds is 5. The van der Waals surface area contributed by atoms with Gasteiger partial charge >= 0.3 is 0 Å². The van der Waals surface area contributed by atoms with E-state index in [2.05, 4.69) is 5.32 Å². The molecule has 1 aliphatic rings. The number of carbonyl (C=O) groups excluding carboxylic acids is 1. The molecule has 0 spiro atoms. The number of halogens is 1. The van der Waals surface area contributed by atoms with Gasteiger partial charge < -0.3 is 10.1 Å². The average molecular weight is 330 g/mol. The zero-order valence-corrected chi connectivity index (χ0v) is 14.1. The highest BCUT2D eigenvalue weighted by molar-refractivity contribution is 6.32. The van der Waals surface area contributed by atoms with E-state index in [0.29, 0.717) is 16.5 Å². The molecule has 1 N–H and O–H groups in total. The second kappa shape index (κ2) is 6.25. The van der Waals surface area contributed by atoms with Crippen LogP contribution in [0.25, 0.3) is 0 Å². The van der Waals surface area contributed by atoms with E-state index in [-0.39, 0.29) is 12.0 Å². The molecule has 0 aliphatic heterocycles. The van der Waals surface area contributed by atoms with Gasteiger partial charge in [0, 0.05) is 5.02 Å². The highest BCUT2D eigenvalue weighted by atomic mass is 35.5. The van der Waals surface area contributed by atoms with Crippen LogP contribution >= 0.6 is 11.6 Å².